The minimum Gasteiger partial charge on any atom is -0.483 e. The Labute approximate surface area is 194 Å². The molecule has 3 aromatic rings. The van der Waals surface area contributed by atoms with E-state index in [1.54, 1.807) is 6.92 Å². The van der Waals surface area contributed by atoms with E-state index in [1.807, 2.05) is 0 Å². The summed E-state index contributed by atoms with van der Waals surface area (Å²) in [6.07, 6.45) is -2.05. The zero-order valence-electron chi connectivity index (χ0n) is 16.3. The Kier molecular flexibility index (Phi) is 7.54. The lowest BCUT2D eigenvalue weighted by Gasteiger charge is -2.18. The lowest BCUT2D eigenvalue weighted by Crippen LogP contribution is -2.36. The SMILES string of the molecule is CC(Oc1cc2sc(NC(=O)NCCNC(=O)O)nc2cc1F)c1c(Cl)ccc(F)c1Cl. The van der Waals surface area contributed by atoms with Crippen molar-refractivity contribution in [3.8, 4) is 5.75 Å². The number of benzene rings is 2. The van der Waals surface area contributed by atoms with Gasteiger partial charge in [-0.3, -0.25) is 5.32 Å². The highest BCUT2D eigenvalue weighted by molar-refractivity contribution is 7.22. The molecule has 0 aliphatic heterocycles. The molecule has 1 heterocycles. The van der Waals surface area contributed by atoms with Gasteiger partial charge in [0.1, 0.15) is 11.9 Å². The largest absolute Gasteiger partial charge is 0.483 e. The van der Waals surface area contributed by atoms with Gasteiger partial charge in [-0.2, -0.15) is 0 Å². The Bertz CT molecular complexity index is 1180. The predicted molar refractivity (Wildman–Crippen MR) is 118 cm³/mol. The molecule has 1 atom stereocenters. The Hall–Kier alpha value is -2.89. The van der Waals surface area contributed by atoms with E-state index in [0.29, 0.717) is 4.70 Å². The van der Waals surface area contributed by atoms with E-state index in [2.05, 4.69) is 20.9 Å². The molecule has 3 amide bonds. The Morgan fingerprint density at radius 1 is 1.19 bits per heavy atom. The molecule has 8 nitrogen and oxygen atoms in total. The molecule has 1 unspecified atom stereocenters. The van der Waals surface area contributed by atoms with Gasteiger partial charge in [-0.1, -0.05) is 34.5 Å². The van der Waals surface area contributed by atoms with Crippen LogP contribution in [0.2, 0.25) is 10.0 Å². The van der Waals surface area contributed by atoms with E-state index < -0.39 is 29.9 Å². The number of anilines is 1. The quantitative estimate of drug-likeness (QED) is 0.253. The number of carboxylic acid groups (broad SMARTS) is 1. The van der Waals surface area contributed by atoms with Gasteiger partial charge in [-0.15, -0.1) is 0 Å². The first-order valence-corrected chi connectivity index (χ1v) is 10.6. The molecule has 0 aliphatic carbocycles. The molecule has 4 N–H and O–H groups in total. The number of carbonyl (C=O) groups excluding carboxylic acids is 1. The summed E-state index contributed by atoms with van der Waals surface area (Å²) in [6, 6.07) is 4.40. The van der Waals surface area contributed by atoms with Crippen molar-refractivity contribution in [2.24, 2.45) is 0 Å². The number of halogens is 4. The van der Waals surface area contributed by atoms with Gasteiger partial charge in [-0.05, 0) is 19.1 Å². The van der Waals surface area contributed by atoms with Crippen LogP contribution in [-0.4, -0.2) is 35.3 Å². The number of hydrogen-bond donors (Lipinski definition) is 4. The number of nitrogens with zero attached hydrogens (tertiary/aromatic N) is 1. The second-order valence-electron chi connectivity index (χ2n) is 6.40. The number of rotatable bonds is 7. The Morgan fingerprint density at radius 2 is 1.91 bits per heavy atom. The molecule has 13 heteroatoms. The van der Waals surface area contributed by atoms with Gasteiger partial charge in [0.05, 0.1) is 15.2 Å². The van der Waals surface area contributed by atoms with E-state index in [9.17, 15) is 18.4 Å². The summed E-state index contributed by atoms with van der Waals surface area (Å²) in [5, 5.41) is 15.7. The van der Waals surface area contributed by atoms with Crippen molar-refractivity contribution in [1.29, 1.82) is 0 Å². The molecule has 0 saturated heterocycles. The van der Waals surface area contributed by atoms with Crippen LogP contribution >= 0.6 is 34.5 Å². The van der Waals surface area contributed by atoms with Crippen molar-refractivity contribution >= 4 is 62.0 Å². The van der Waals surface area contributed by atoms with Crippen LogP contribution in [0.5, 0.6) is 5.75 Å². The first-order valence-electron chi connectivity index (χ1n) is 9.07. The van der Waals surface area contributed by atoms with E-state index in [1.165, 1.54) is 12.1 Å². The molecule has 0 fully saturated rings. The van der Waals surface area contributed by atoms with Gasteiger partial charge in [0.15, 0.2) is 16.7 Å². The average molecular weight is 505 g/mol. The molecule has 170 valence electrons. The molecular weight excluding hydrogens is 489 g/mol. The molecule has 0 bridgehead atoms. The fraction of sp³-hybridized carbons (Fsp3) is 0.211. The third kappa shape index (κ3) is 5.67. The van der Waals surface area contributed by atoms with Gasteiger partial charge >= 0.3 is 12.1 Å². The normalized spacial score (nSPS) is 11.8. The summed E-state index contributed by atoms with van der Waals surface area (Å²) in [5.74, 6) is -1.51. The number of urea groups is 1. The van der Waals surface area contributed by atoms with Crippen molar-refractivity contribution in [1.82, 2.24) is 15.6 Å². The molecule has 0 radical (unpaired) electrons. The summed E-state index contributed by atoms with van der Waals surface area (Å²) in [4.78, 5) is 26.4. The maximum atomic E-state index is 14.6. The van der Waals surface area contributed by atoms with Crippen LogP contribution in [-0.2, 0) is 0 Å². The zero-order chi connectivity index (χ0) is 23.4. The number of aromatic nitrogens is 1. The number of fused-ring (bicyclic) bond motifs is 1. The number of thiazole rings is 1. The number of amides is 3. The monoisotopic (exact) mass is 504 g/mol. The van der Waals surface area contributed by atoms with Crippen LogP contribution in [0, 0.1) is 11.6 Å². The van der Waals surface area contributed by atoms with E-state index in [0.717, 1.165) is 23.5 Å². The highest BCUT2D eigenvalue weighted by atomic mass is 35.5. The van der Waals surface area contributed by atoms with Gasteiger partial charge < -0.3 is 20.5 Å². The molecule has 32 heavy (non-hydrogen) atoms. The molecule has 1 aromatic heterocycles. The standard InChI is InChI=1S/C19H16Cl2F2N4O4S/c1-8(15-9(20)2-3-10(22)16(15)21)31-13-7-14-12(6-11(13)23)26-18(32-14)27-17(28)24-4-5-25-19(29)30/h2-3,6-8,25H,4-5H2,1H3,(H,29,30)(H2,24,26,27,28). The maximum absolute atomic E-state index is 14.6. The lowest BCUT2D eigenvalue weighted by molar-refractivity contribution is 0.194. The lowest BCUT2D eigenvalue weighted by atomic mass is 10.1. The summed E-state index contributed by atoms with van der Waals surface area (Å²) >= 11 is 13.2. The highest BCUT2D eigenvalue weighted by Crippen LogP contribution is 2.37. The van der Waals surface area contributed by atoms with Crippen LogP contribution in [0.15, 0.2) is 24.3 Å². The van der Waals surface area contributed by atoms with E-state index in [-0.39, 0.29) is 45.1 Å². The molecule has 0 aliphatic rings. The zero-order valence-corrected chi connectivity index (χ0v) is 18.7. The maximum Gasteiger partial charge on any atom is 0.404 e. The van der Waals surface area contributed by atoms with Gasteiger partial charge in [0, 0.05) is 35.8 Å². The summed E-state index contributed by atoms with van der Waals surface area (Å²) in [6.45, 7) is 1.66. The summed E-state index contributed by atoms with van der Waals surface area (Å²) in [7, 11) is 0. The minimum absolute atomic E-state index is 0.0338. The van der Waals surface area contributed by atoms with Crippen molar-refractivity contribution in [3.05, 3.63) is 51.5 Å². The fourth-order valence-electron chi connectivity index (χ4n) is 2.73. The molecule has 3 rings (SSSR count). The highest BCUT2D eigenvalue weighted by Gasteiger charge is 2.21. The Morgan fingerprint density at radius 3 is 2.62 bits per heavy atom. The van der Waals surface area contributed by atoms with Crippen molar-refractivity contribution in [2.45, 2.75) is 13.0 Å². The van der Waals surface area contributed by atoms with Crippen LogP contribution in [0.25, 0.3) is 10.2 Å². The van der Waals surface area contributed by atoms with E-state index >= 15 is 0 Å². The molecule has 0 spiro atoms. The third-order valence-corrected chi connectivity index (χ3v) is 5.79. The summed E-state index contributed by atoms with van der Waals surface area (Å²) < 4.78 is 34.5. The topological polar surface area (TPSA) is 113 Å². The Balaban J connectivity index is 1.72. The summed E-state index contributed by atoms with van der Waals surface area (Å²) in [5.41, 5.74) is 0.478. The number of nitrogens with one attached hydrogen (secondary N) is 3. The first-order chi connectivity index (χ1) is 15.2. The second kappa shape index (κ2) is 10.2. The number of hydrogen-bond acceptors (Lipinski definition) is 5. The van der Waals surface area contributed by atoms with Gasteiger partial charge in [0.2, 0.25) is 0 Å². The van der Waals surface area contributed by atoms with Crippen LogP contribution in [0.1, 0.15) is 18.6 Å². The average Bonchev–Trinajstić information content (AvgIpc) is 3.09. The molecule has 2 aromatic carbocycles. The second-order valence-corrected chi connectivity index (χ2v) is 8.21. The van der Waals surface area contributed by atoms with Crippen molar-refractivity contribution in [3.63, 3.8) is 0 Å². The predicted octanol–water partition coefficient (Wildman–Crippen LogP) is 5.41. The fourth-order valence-corrected chi connectivity index (χ4v) is 4.27. The van der Waals surface area contributed by atoms with Crippen molar-refractivity contribution in [2.75, 3.05) is 18.4 Å². The van der Waals surface area contributed by atoms with E-state index in [4.69, 9.17) is 33.0 Å². The number of ether oxygens (including phenoxy) is 1. The van der Waals surface area contributed by atoms with Crippen LogP contribution < -0.4 is 20.7 Å². The smallest absolute Gasteiger partial charge is 0.404 e. The van der Waals surface area contributed by atoms with Gasteiger partial charge in [0.25, 0.3) is 0 Å². The molecular formula is C19H16Cl2F2N4O4S. The number of carbonyl (C=O) groups is 2. The molecule has 0 saturated carbocycles. The van der Waals surface area contributed by atoms with Crippen LogP contribution in [0.3, 0.4) is 0 Å². The van der Waals surface area contributed by atoms with Crippen LogP contribution in [0.4, 0.5) is 23.5 Å². The van der Waals surface area contributed by atoms with Crippen molar-refractivity contribution < 1.29 is 28.2 Å². The van der Waals surface area contributed by atoms with Gasteiger partial charge in [-0.25, -0.2) is 23.4 Å². The third-order valence-electron chi connectivity index (χ3n) is 4.14. The first kappa shape index (κ1) is 23.8. The minimum atomic E-state index is -1.20.